The molecule has 0 radical (unpaired) electrons. The maximum atomic E-state index is 15.5. The molecule has 0 saturated carbocycles. The van der Waals surface area contributed by atoms with Gasteiger partial charge in [0.2, 0.25) is 47.1 Å². The number of benzene rings is 5. The van der Waals surface area contributed by atoms with E-state index < -0.39 is 131 Å². The number of fused-ring (bicyclic) bond motifs is 15. The average molecular weight is 1170 g/mol. The number of methoxy groups -OCH3 is 2. The number of carbonyl (C=O) groups excluding carboxylic acids is 7. The van der Waals surface area contributed by atoms with E-state index in [2.05, 4.69) is 37.2 Å². The Morgan fingerprint density at radius 3 is 1.83 bits per heavy atom. The van der Waals surface area contributed by atoms with Crippen LogP contribution in [-0.4, -0.2) is 118 Å². The second-order valence-electron chi connectivity index (χ2n) is 19.7. The number of phenols is 2. The van der Waals surface area contributed by atoms with Crippen molar-refractivity contribution >= 4 is 70.5 Å². The predicted octanol–water partition coefficient (Wildman–Crippen LogP) is 3.00. The lowest BCUT2D eigenvalue weighted by molar-refractivity contribution is -0.143. The van der Waals surface area contributed by atoms with Crippen LogP contribution in [0.2, 0.25) is 10.0 Å². The average Bonchev–Trinajstić information content (AvgIpc) is 3.40. The van der Waals surface area contributed by atoms with Crippen molar-refractivity contribution in [3.05, 3.63) is 117 Å². The second-order valence-corrected chi connectivity index (χ2v) is 20.6. The highest BCUT2D eigenvalue weighted by atomic mass is 35.5. The largest absolute Gasteiger partial charge is 0.507 e. The number of ether oxygens (including phenoxy) is 4. The number of likely N-dealkylation sites (N-methyl/N-ethyl adjacent to an activating group) is 1. The quantitative estimate of drug-likeness (QED) is 0.0956. The van der Waals surface area contributed by atoms with Gasteiger partial charge < -0.3 is 87.4 Å². The Kier molecular flexibility index (Phi) is 17.7. The summed E-state index contributed by atoms with van der Waals surface area (Å²) in [4.78, 5) is 114. The zero-order valence-electron chi connectivity index (χ0n) is 44.2. The van der Waals surface area contributed by atoms with E-state index in [1.807, 2.05) is 13.8 Å². The number of carboxylic acids is 1. The lowest BCUT2D eigenvalue weighted by Crippen LogP contribution is -2.59. The fourth-order valence-electron chi connectivity index (χ4n) is 9.61. The van der Waals surface area contributed by atoms with E-state index in [0.717, 1.165) is 24.3 Å². The minimum absolute atomic E-state index is 0.0236. The number of nitrogens with two attached hydrogens (primary N) is 1. The molecule has 5 aliphatic rings. The second kappa shape index (κ2) is 24.5. The van der Waals surface area contributed by atoms with Gasteiger partial charge in [0.1, 0.15) is 71.2 Å². The van der Waals surface area contributed by atoms with Crippen LogP contribution in [0.5, 0.6) is 46.0 Å². The summed E-state index contributed by atoms with van der Waals surface area (Å²) in [5.74, 6) is -12.9. The molecule has 0 aliphatic carbocycles. The monoisotopic (exact) mass is 1170 g/mol. The number of hydrogen-bond acceptors (Lipinski definition) is 17. The zero-order chi connectivity index (χ0) is 59.6. The van der Waals surface area contributed by atoms with Gasteiger partial charge >= 0.3 is 5.97 Å². The number of aliphatic carboxylic acids is 1. The third kappa shape index (κ3) is 12.4. The Hall–Kier alpha value is -8.88. The van der Waals surface area contributed by atoms with Crippen molar-refractivity contribution in [2.45, 2.75) is 81.2 Å². The van der Waals surface area contributed by atoms with Gasteiger partial charge in [-0.2, -0.15) is 0 Å². The number of carboxylic acid groups (broad SMARTS) is 1. The van der Waals surface area contributed by atoms with Crippen molar-refractivity contribution in [1.82, 2.24) is 37.2 Å². The number of hydrogen-bond donors (Lipinski definition) is 13. The van der Waals surface area contributed by atoms with Crippen LogP contribution >= 0.6 is 23.2 Å². The Morgan fingerprint density at radius 1 is 0.683 bits per heavy atom. The van der Waals surface area contributed by atoms with E-state index in [1.165, 1.54) is 75.9 Å². The molecule has 5 heterocycles. The highest BCUT2D eigenvalue weighted by molar-refractivity contribution is 6.32. The van der Waals surface area contributed by atoms with Crippen molar-refractivity contribution in [3.8, 4) is 57.1 Å². The summed E-state index contributed by atoms with van der Waals surface area (Å²) in [6, 6.07) is 2.57. The molecular formula is C55H56Cl2N8O17. The van der Waals surface area contributed by atoms with E-state index in [9.17, 15) is 54.3 Å². The van der Waals surface area contributed by atoms with Crippen LogP contribution in [0, 0.1) is 5.92 Å². The van der Waals surface area contributed by atoms with Crippen LogP contribution < -0.4 is 61.9 Å². The summed E-state index contributed by atoms with van der Waals surface area (Å²) < 4.78 is 23.3. The van der Waals surface area contributed by atoms with Gasteiger partial charge in [-0.15, -0.1) is 0 Å². The predicted molar refractivity (Wildman–Crippen MR) is 290 cm³/mol. The smallest absolute Gasteiger partial charge is 0.330 e. The van der Waals surface area contributed by atoms with E-state index in [0.29, 0.717) is 0 Å². The number of carbonyl (C=O) groups is 8. The van der Waals surface area contributed by atoms with Crippen molar-refractivity contribution in [1.29, 1.82) is 0 Å². The van der Waals surface area contributed by atoms with Crippen molar-refractivity contribution in [2.24, 2.45) is 11.7 Å². The van der Waals surface area contributed by atoms with Crippen LogP contribution in [0.4, 0.5) is 0 Å². The fourth-order valence-corrected chi connectivity index (χ4v) is 10.1. The summed E-state index contributed by atoms with van der Waals surface area (Å²) >= 11 is 13.6. The zero-order valence-corrected chi connectivity index (χ0v) is 45.7. The SMILES string of the molecule is CN[C@H](CC(C)C)C(=O)N[C@H]1C(=O)N[C@@H](CC(N)=O)C(=O)N[C@H]2C(=O)N[C@H]3C(=O)N[C@H](C(=O)N[C@H](C(=O)O)c4cc(OC)cc(O)c4-c4cc3ccc4OC)[C@H](O)c3ccc(c(Cl)c3)Oc3cc2cc(c3O)Oc2ccc(cc2Cl)[C@H]1O. The standard InChI is InChI=1S/C55H56Cl2N8O17/c1-21(2)12-31(59-3)49(71)64-44-46(68)23-7-10-35(29(56)14-23)81-37-16-25-17-38(48(37)70)82-36-11-8-24(15-30(36)57)47(69)45-54(76)63-43(55(77)78)28-18-26(79-4)19-33(66)40(28)27-13-22(6-9-34(27)80-5)41(51(73)65-45)62-52(74)42(25)61-50(72)32(20-39(58)67)60-53(44)75/h6-11,13-19,21,31-32,41-47,59,66,68-70H,12,20H2,1-5H3,(H2,58,67)(H,60,75)(H,61,72)(H,62,74)(H,63,76)(H,64,71)(H,65,73)(H,77,78)/t31-,32+,41-,42-,43+,44-,45+,46-,47-/m1/s1. The molecule has 0 unspecified atom stereocenters. The van der Waals surface area contributed by atoms with Crippen molar-refractivity contribution < 1.29 is 82.8 Å². The molecule has 5 aromatic carbocycles. The third-order valence-corrected chi connectivity index (χ3v) is 14.3. The molecule has 82 heavy (non-hydrogen) atoms. The van der Waals surface area contributed by atoms with Crippen LogP contribution in [0.3, 0.4) is 0 Å². The highest BCUT2D eigenvalue weighted by Crippen LogP contribution is 2.48. The van der Waals surface area contributed by atoms with Crippen LogP contribution in [-0.2, 0) is 38.4 Å². The van der Waals surface area contributed by atoms with E-state index in [-0.39, 0.29) is 84.3 Å². The molecule has 11 bridgehead atoms. The molecule has 14 N–H and O–H groups in total. The fraction of sp³-hybridized carbons (Fsp3) is 0.309. The van der Waals surface area contributed by atoms with Crippen LogP contribution in [0.25, 0.3) is 11.1 Å². The maximum absolute atomic E-state index is 15.5. The minimum Gasteiger partial charge on any atom is -0.507 e. The first kappa shape index (κ1) is 59.2. The topological polar surface area (TPSA) is 385 Å². The Labute approximate surface area is 476 Å². The third-order valence-electron chi connectivity index (χ3n) is 13.8. The summed E-state index contributed by atoms with van der Waals surface area (Å²) in [7, 11) is 4.00. The highest BCUT2D eigenvalue weighted by Gasteiger charge is 2.42. The summed E-state index contributed by atoms with van der Waals surface area (Å²) in [5.41, 5.74) is 4.34. The lowest BCUT2D eigenvalue weighted by Gasteiger charge is -2.31. The Balaban J connectivity index is 1.37. The molecule has 0 spiro atoms. The normalized spacial score (nSPS) is 22.1. The number of aliphatic hydroxyl groups is 2. The first-order valence-electron chi connectivity index (χ1n) is 25.2. The molecule has 9 atom stereocenters. The summed E-state index contributed by atoms with van der Waals surface area (Å²) in [5, 5.41) is 75.4. The number of phenolic OH excluding ortho intramolecular Hbond substituents is 2. The number of aromatic hydroxyl groups is 2. The molecule has 432 valence electrons. The van der Waals surface area contributed by atoms with Crippen molar-refractivity contribution in [3.63, 3.8) is 0 Å². The van der Waals surface area contributed by atoms with Gasteiger partial charge in [0.25, 0.3) is 0 Å². The number of nitrogens with one attached hydrogen (secondary N) is 7. The molecule has 0 aromatic heterocycles. The Morgan fingerprint density at radius 2 is 1.27 bits per heavy atom. The summed E-state index contributed by atoms with van der Waals surface area (Å²) in [6.07, 6.45) is -4.68. The minimum atomic E-state index is -2.13. The number of amides is 7. The van der Waals surface area contributed by atoms with Crippen molar-refractivity contribution in [2.75, 3.05) is 21.3 Å². The summed E-state index contributed by atoms with van der Waals surface area (Å²) in [6.45, 7) is 3.70. The molecule has 27 heteroatoms. The number of halogens is 2. The van der Waals surface area contributed by atoms with Gasteiger partial charge in [0.05, 0.1) is 36.7 Å². The first-order chi connectivity index (χ1) is 38.9. The van der Waals surface area contributed by atoms with Gasteiger partial charge in [0.15, 0.2) is 17.5 Å². The van der Waals surface area contributed by atoms with Gasteiger partial charge in [-0.25, -0.2) is 4.79 Å². The molecular weight excluding hydrogens is 1120 g/mol. The molecule has 25 nitrogen and oxygen atoms in total. The van der Waals surface area contributed by atoms with E-state index in [1.54, 1.807) is 0 Å². The van der Waals surface area contributed by atoms with E-state index >= 15 is 9.59 Å². The van der Waals surface area contributed by atoms with E-state index in [4.69, 9.17) is 47.9 Å². The number of rotatable bonds is 10. The lowest BCUT2D eigenvalue weighted by atomic mass is 9.89. The maximum Gasteiger partial charge on any atom is 0.330 e. The molecule has 5 aliphatic heterocycles. The molecule has 10 rings (SSSR count). The van der Waals surface area contributed by atoms with Crippen LogP contribution in [0.1, 0.15) is 84.8 Å². The Bertz CT molecular complexity index is 3420. The van der Waals surface area contributed by atoms with Crippen LogP contribution in [0.15, 0.2) is 78.9 Å². The van der Waals surface area contributed by atoms with Gasteiger partial charge in [-0.1, -0.05) is 55.2 Å². The van der Waals surface area contributed by atoms with Gasteiger partial charge in [0, 0.05) is 22.8 Å². The molecule has 5 aromatic rings. The first-order valence-corrected chi connectivity index (χ1v) is 25.9. The molecule has 0 fully saturated rings. The molecule has 0 saturated heterocycles. The van der Waals surface area contributed by atoms with Gasteiger partial charge in [-0.05, 0) is 96.2 Å². The number of primary amides is 1. The molecule has 7 amide bonds. The number of aliphatic hydroxyl groups excluding tert-OH is 2. The van der Waals surface area contributed by atoms with Gasteiger partial charge in [-0.3, -0.25) is 33.6 Å².